The molecule has 0 aromatic carbocycles. The van der Waals surface area contributed by atoms with E-state index in [-0.39, 0.29) is 0 Å². The summed E-state index contributed by atoms with van der Waals surface area (Å²) in [4.78, 5) is 8.70. The van der Waals surface area contributed by atoms with Crippen LogP contribution in [0.25, 0.3) is 0 Å². The van der Waals surface area contributed by atoms with Crippen molar-refractivity contribution in [3.8, 4) is 0 Å². The van der Waals surface area contributed by atoms with Crippen molar-refractivity contribution >= 4 is 11.8 Å². The fourth-order valence-corrected chi connectivity index (χ4v) is 2.47. The first kappa shape index (κ1) is 13.1. The molecule has 100 valence electrons. The van der Waals surface area contributed by atoms with E-state index in [0.29, 0.717) is 22.8 Å². The molecule has 1 fully saturated rings. The van der Waals surface area contributed by atoms with Crippen molar-refractivity contribution < 1.29 is 0 Å². The summed E-state index contributed by atoms with van der Waals surface area (Å²) in [5.74, 6) is 1.62. The Morgan fingerprint density at radius 3 is 2.44 bits per heavy atom. The number of aromatic nitrogens is 2. The van der Waals surface area contributed by atoms with Crippen LogP contribution in [0.5, 0.6) is 0 Å². The van der Waals surface area contributed by atoms with E-state index in [1.54, 1.807) is 6.20 Å². The molecule has 1 aliphatic rings. The highest BCUT2D eigenvalue weighted by Gasteiger charge is 2.65. The van der Waals surface area contributed by atoms with Crippen LogP contribution < -0.4 is 10.6 Å². The van der Waals surface area contributed by atoms with Crippen LogP contribution in [0.1, 0.15) is 41.0 Å². The average Bonchev–Trinajstić information content (AvgIpc) is 2.70. The van der Waals surface area contributed by atoms with Gasteiger partial charge in [-0.3, -0.25) is 0 Å². The zero-order valence-corrected chi connectivity index (χ0v) is 12.0. The highest BCUT2D eigenvalue weighted by Crippen LogP contribution is 2.63. The van der Waals surface area contributed by atoms with E-state index < -0.39 is 0 Å². The van der Waals surface area contributed by atoms with Gasteiger partial charge in [-0.05, 0) is 23.3 Å². The van der Waals surface area contributed by atoms with Crippen LogP contribution in [0.2, 0.25) is 0 Å². The van der Waals surface area contributed by atoms with E-state index in [9.17, 15) is 0 Å². The SMILES string of the molecule is CCCNc1nccc(NC2C(C)(C)C2(C)C)n1. The van der Waals surface area contributed by atoms with Crippen molar-refractivity contribution in [1.29, 1.82) is 0 Å². The van der Waals surface area contributed by atoms with Gasteiger partial charge in [0.2, 0.25) is 5.95 Å². The van der Waals surface area contributed by atoms with Crippen molar-refractivity contribution in [2.45, 2.75) is 47.1 Å². The molecule has 0 saturated heterocycles. The Morgan fingerprint density at radius 1 is 1.22 bits per heavy atom. The van der Waals surface area contributed by atoms with Gasteiger partial charge in [-0.2, -0.15) is 4.98 Å². The minimum atomic E-state index is 0.314. The third kappa shape index (κ3) is 2.16. The van der Waals surface area contributed by atoms with Gasteiger partial charge >= 0.3 is 0 Å². The summed E-state index contributed by atoms with van der Waals surface area (Å²) in [6.45, 7) is 12.2. The smallest absolute Gasteiger partial charge is 0.224 e. The number of nitrogens with zero attached hydrogens (tertiary/aromatic N) is 2. The summed E-state index contributed by atoms with van der Waals surface area (Å²) >= 11 is 0. The summed E-state index contributed by atoms with van der Waals surface area (Å²) in [6, 6.07) is 2.40. The lowest BCUT2D eigenvalue weighted by atomic mass is 10.0. The molecule has 0 atom stereocenters. The second-order valence-electron chi connectivity index (χ2n) is 6.21. The molecule has 1 aromatic rings. The predicted molar refractivity (Wildman–Crippen MR) is 75.8 cm³/mol. The maximum Gasteiger partial charge on any atom is 0.224 e. The molecule has 0 radical (unpaired) electrons. The van der Waals surface area contributed by atoms with E-state index >= 15 is 0 Å². The highest BCUT2D eigenvalue weighted by molar-refractivity contribution is 5.44. The van der Waals surface area contributed by atoms with Crippen molar-refractivity contribution in [2.24, 2.45) is 10.8 Å². The quantitative estimate of drug-likeness (QED) is 0.840. The summed E-state index contributed by atoms with van der Waals surface area (Å²) in [6.07, 6.45) is 2.87. The van der Waals surface area contributed by atoms with Gasteiger partial charge in [-0.25, -0.2) is 4.98 Å². The number of nitrogens with one attached hydrogen (secondary N) is 2. The van der Waals surface area contributed by atoms with Crippen molar-refractivity contribution in [3.63, 3.8) is 0 Å². The predicted octanol–water partition coefficient (Wildman–Crippen LogP) is 3.15. The maximum absolute atomic E-state index is 4.49. The zero-order valence-electron chi connectivity index (χ0n) is 12.0. The Morgan fingerprint density at radius 2 is 1.89 bits per heavy atom. The van der Waals surface area contributed by atoms with Gasteiger partial charge in [-0.1, -0.05) is 34.6 Å². The van der Waals surface area contributed by atoms with E-state index in [0.717, 1.165) is 18.8 Å². The summed E-state index contributed by atoms with van der Waals surface area (Å²) in [5, 5.41) is 6.73. The first-order chi connectivity index (χ1) is 8.39. The molecule has 2 N–H and O–H groups in total. The minimum absolute atomic E-state index is 0.314. The molecule has 1 heterocycles. The van der Waals surface area contributed by atoms with E-state index in [4.69, 9.17) is 0 Å². The standard InChI is InChI=1S/C14H24N4/c1-6-8-15-12-16-9-7-10(18-12)17-11-13(2,3)14(11,4)5/h7,9,11H,6,8H2,1-5H3,(H2,15,16,17,18). The van der Waals surface area contributed by atoms with Gasteiger partial charge in [0.25, 0.3) is 0 Å². The Hall–Kier alpha value is -1.32. The number of anilines is 2. The molecule has 0 amide bonds. The lowest BCUT2D eigenvalue weighted by Gasteiger charge is -2.09. The summed E-state index contributed by atoms with van der Waals surface area (Å²) in [5.41, 5.74) is 0.629. The first-order valence-electron chi connectivity index (χ1n) is 6.73. The molecule has 4 heteroatoms. The second kappa shape index (κ2) is 4.41. The molecule has 18 heavy (non-hydrogen) atoms. The molecule has 0 aliphatic heterocycles. The maximum atomic E-state index is 4.49. The van der Waals surface area contributed by atoms with Crippen molar-refractivity contribution in [2.75, 3.05) is 17.2 Å². The molecule has 4 nitrogen and oxygen atoms in total. The van der Waals surface area contributed by atoms with Gasteiger partial charge in [0.15, 0.2) is 0 Å². The fourth-order valence-electron chi connectivity index (χ4n) is 2.47. The average molecular weight is 248 g/mol. The molecule has 0 bridgehead atoms. The van der Waals surface area contributed by atoms with E-state index in [2.05, 4.69) is 55.2 Å². The van der Waals surface area contributed by atoms with Gasteiger partial charge in [0, 0.05) is 18.8 Å². The van der Waals surface area contributed by atoms with Crippen molar-refractivity contribution in [3.05, 3.63) is 12.3 Å². The second-order valence-corrected chi connectivity index (χ2v) is 6.21. The van der Waals surface area contributed by atoms with Crippen LogP contribution in [0.15, 0.2) is 12.3 Å². The first-order valence-corrected chi connectivity index (χ1v) is 6.73. The minimum Gasteiger partial charge on any atom is -0.366 e. The number of rotatable bonds is 5. The summed E-state index contributed by atoms with van der Waals surface area (Å²) in [7, 11) is 0. The van der Waals surface area contributed by atoms with E-state index in [1.165, 1.54) is 0 Å². The van der Waals surface area contributed by atoms with Crippen LogP contribution in [0, 0.1) is 10.8 Å². The normalized spacial score (nSPS) is 20.5. The largest absolute Gasteiger partial charge is 0.366 e. The Bertz CT molecular complexity index is 412. The van der Waals surface area contributed by atoms with Crippen LogP contribution in [0.4, 0.5) is 11.8 Å². The van der Waals surface area contributed by atoms with Crippen molar-refractivity contribution in [1.82, 2.24) is 9.97 Å². The molecule has 0 spiro atoms. The zero-order chi connectivity index (χ0) is 13.4. The molecule has 1 saturated carbocycles. The van der Waals surface area contributed by atoms with Gasteiger partial charge in [0.05, 0.1) is 0 Å². The Labute approximate surface area is 110 Å². The van der Waals surface area contributed by atoms with Gasteiger partial charge in [0.1, 0.15) is 5.82 Å². The number of hydrogen-bond acceptors (Lipinski definition) is 4. The molecular formula is C14H24N4. The third-order valence-electron chi connectivity index (χ3n) is 4.50. The lowest BCUT2D eigenvalue weighted by molar-refractivity contribution is 0.457. The molecule has 1 aromatic heterocycles. The monoisotopic (exact) mass is 248 g/mol. The Balaban J connectivity index is 2.03. The van der Waals surface area contributed by atoms with Crippen LogP contribution >= 0.6 is 0 Å². The van der Waals surface area contributed by atoms with Crippen LogP contribution in [-0.2, 0) is 0 Å². The van der Waals surface area contributed by atoms with Gasteiger partial charge in [-0.15, -0.1) is 0 Å². The fraction of sp³-hybridized carbons (Fsp3) is 0.714. The lowest BCUT2D eigenvalue weighted by Crippen LogP contribution is -2.13. The third-order valence-corrected chi connectivity index (χ3v) is 4.50. The molecule has 2 rings (SSSR count). The molecule has 1 aliphatic carbocycles. The molecular weight excluding hydrogens is 224 g/mol. The Kier molecular flexibility index (Phi) is 3.21. The number of hydrogen-bond donors (Lipinski definition) is 2. The van der Waals surface area contributed by atoms with E-state index in [1.807, 2.05) is 6.07 Å². The topological polar surface area (TPSA) is 49.8 Å². The highest BCUT2D eigenvalue weighted by atomic mass is 15.2. The summed E-state index contributed by atoms with van der Waals surface area (Å²) < 4.78 is 0. The van der Waals surface area contributed by atoms with Crippen LogP contribution in [0.3, 0.4) is 0 Å². The van der Waals surface area contributed by atoms with Crippen LogP contribution in [-0.4, -0.2) is 22.6 Å². The molecule has 0 unspecified atom stereocenters. The van der Waals surface area contributed by atoms with Gasteiger partial charge < -0.3 is 10.6 Å².